The number of fused-ring (bicyclic) bond motifs is 2. The standard InChI is InChI=1S/C25H27N4O3/c1-14(2)32-20-9-8-16-6-4-5-7-17(16)23(20)18-13-22-26-11-10-21(29(22)28-18)27-19-12-15(3)24(30)25(19)31/h4-11,13-15,19,24-25,27,30-31H,3,12H2,1-2H3/t15-,19-,24-,25+/m1/s1. The van der Waals surface area contributed by atoms with E-state index in [1.807, 2.05) is 44.2 Å². The van der Waals surface area contributed by atoms with Crippen molar-refractivity contribution in [2.24, 2.45) is 5.92 Å². The number of hydrogen-bond donors (Lipinski definition) is 3. The fourth-order valence-corrected chi connectivity index (χ4v) is 4.45. The molecule has 2 aromatic carbocycles. The van der Waals surface area contributed by atoms with Gasteiger partial charge in [-0.25, -0.2) is 4.98 Å². The Bertz CT molecular complexity index is 1270. The molecule has 4 atom stereocenters. The van der Waals surface area contributed by atoms with E-state index < -0.39 is 12.2 Å². The third-order valence-electron chi connectivity index (χ3n) is 6.00. The van der Waals surface area contributed by atoms with E-state index in [1.54, 1.807) is 10.7 Å². The zero-order valence-corrected chi connectivity index (χ0v) is 18.1. The molecule has 0 amide bonds. The van der Waals surface area contributed by atoms with Crippen LogP contribution in [0.5, 0.6) is 5.75 Å². The van der Waals surface area contributed by atoms with Crippen LogP contribution in [0.3, 0.4) is 0 Å². The number of rotatable bonds is 5. The van der Waals surface area contributed by atoms with Crippen LogP contribution in [0.25, 0.3) is 27.7 Å². The van der Waals surface area contributed by atoms with Crippen molar-refractivity contribution in [1.29, 1.82) is 0 Å². The summed E-state index contributed by atoms with van der Waals surface area (Å²) < 4.78 is 7.85. The van der Waals surface area contributed by atoms with Crippen LogP contribution < -0.4 is 10.1 Å². The van der Waals surface area contributed by atoms with Crippen LogP contribution in [-0.4, -0.2) is 49.2 Å². The Kier molecular flexibility index (Phi) is 5.23. The summed E-state index contributed by atoms with van der Waals surface area (Å²) in [5, 5.41) is 30.8. The lowest BCUT2D eigenvalue weighted by Crippen LogP contribution is -2.35. The molecule has 0 aliphatic heterocycles. The highest BCUT2D eigenvalue weighted by molar-refractivity contribution is 5.99. The van der Waals surface area contributed by atoms with Gasteiger partial charge in [0.25, 0.3) is 0 Å². The van der Waals surface area contributed by atoms with Crippen molar-refractivity contribution >= 4 is 22.2 Å². The maximum Gasteiger partial charge on any atom is 0.157 e. The molecular weight excluding hydrogens is 404 g/mol. The predicted molar refractivity (Wildman–Crippen MR) is 125 cm³/mol. The van der Waals surface area contributed by atoms with Crippen molar-refractivity contribution in [2.45, 2.75) is 44.6 Å². The third kappa shape index (κ3) is 3.57. The lowest BCUT2D eigenvalue weighted by Gasteiger charge is -2.19. The molecular formula is C25H27N4O3. The fraction of sp³-hybridized carbons (Fsp3) is 0.320. The van der Waals surface area contributed by atoms with Crippen molar-refractivity contribution < 1.29 is 14.9 Å². The Morgan fingerprint density at radius 1 is 1.12 bits per heavy atom. The molecule has 3 N–H and O–H groups in total. The first kappa shape index (κ1) is 20.7. The van der Waals surface area contributed by atoms with Gasteiger partial charge in [0, 0.05) is 12.3 Å². The summed E-state index contributed by atoms with van der Waals surface area (Å²) in [6.07, 6.45) is 0.560. The Balaban J connectivity index is 1.61. The molecule has 5 rings (SSSR count). The van der Waals surface area contributed by atoms with Crippen LogP contribution in [0.1, 0.15) is 20.3 Å². The molecule has 0 saturated heterocycles. The van der Waals surface area contributed by atoms with E-state index in [0.29, 0.717) is 17.9 Å². The molecule has 1 fully saturated rings. The van der Waals surface area contributed by atoms with Gasteiger partial charge in [0.05, 0.1) is 29.5 Å². The molecule has 7 nitrogen and oxygen atoms in total. The minimum atomic E-state index is -0.889. The molecule has 1 radical (unpaired) electrons. The SMILES string of the molecule is [CH2][C@@H]1C[C@@H](Nc2ccnc3cc(-c4c(OC(C)C)ccc5ccccc45)nn23)[C@H](O)[C@@H]1O. The summed E-state index contributed by atoms with van der Waals surface area (Å²) in [6, 6.07) is 15.6. The van der Waals surface area contributed by atoms with E-state index in [0.717, 1.165) is 27.8 Å². The van der Waals surface area contributed by atoms with Crippen LogP contribution in [0, 0.1) is 12.8 Å². The van der Waals surface area contributed by atoms with Crippen molar-refractivity contribution in [3.8, 4) is 17.0 Å². The minimum Gasteiger partial charge on any atom is -0.490 e. The van der Waals surface area contributed by atoms with Crippen molar-refractivity contribution in [3.05, 3.63) is 61.7 Å². The van der Waals surface area contributed by atoms with Gasteiger partial charge in [0.2, 0.25) is 0 Å². The zero-order chi connectivity index (χ0) is 22.4. The van der Waals surface area contributed by atoms with Gasteiger partial charge in [-0.05, 0) is 56.0 Å². The van der Waals surface area contributed by atoms with Gasteiger partial charge >= 0.3 is 0 Å². The highest BCUT2D eigenvalue weighted by Gasteiger charge is 2.39. The van der Waals surface area contributed by atoms with E-state index in [4.69, 9.17) is 9.84 Å². The number of ether oxygens (including phenoxy) is 1. The van der Waals surface area contributed by atoms with Gasteiger partial charge in [-0.2, -0.15) is 9.61 Å². The van der Waals surface area contributed by atoms with E-state index in [9.17, 15) is 10.2 Å². The lowest BCUT2D eigenvalue weighted by molar-refractivity contribution is 0.0256. The number of hydrogen-bond acceptors (Lipinski definition) is 6. The molecule has 2 heterocycles. The number of aliphatic hydroxyl groups excluding tert-OH is 2. The Labute approximate surface area is 186 Å². The smallest absolute Gasteiger partial charge is 0.157 e. The van der Waals surface area contributed by atoms with Crippen LogP contribution in [0.4, 0.5) is 5.82 Å². The second-order valence-electron chi connectivity index (χ2n) is 8.68. The van der Waals surface area contributed by atoms with Gasteiger partial charge in [-0.1, -0.05) is 30.3 Å². The largest absolute Gasteiger partial charge is 0.490 e. The number of aliphatic hydroxyl groups is 2. The van der Waals surface area contributed by atoms with Gasteiger partial charge in [-0.15, -0.1) is 0 Å². The topological polar surface area (TPSA) is 91.9 Å². The molecule has 165 valence electrons. The maximum atomic E-state index is 10.4. The van der Waals surface area contributed by atoms with E-state index in [1.165, 1.54) is 0 Å². The number of nitrogens with zero attached hydrogens (tertiary/aromatic N) is 3. The molecule has 1 aliphatic carbocycles. The second-order valence-corrected chi connectivity index (χ2v) is 8.68. The summed E-state index contributed by atoms with van der Waals surface area (Å²) in [4.78, 5) is 4.48. The fourth-order valence-electron chi connectivity index (χ4n) is 4.45. The minimum absolute atomic E-state index is 0.0215. The molecule has 0 unspecified atom stereocenters. The number of aromatic nitrogens is 3. The molecule has 32 heavy (non-hydrogen) atoms. The van der Waals surface area contributed by atoms with Gasteiger partial charge in [0.1, 0.15) is 17.7 Å². The molecule has 2 aromatic heterocycles. The lowest BCUT2D eigenvalue weighted by atomic mass is 10.0. The first-order valence-electron chi connectivity index (χ1n) is 10.9. The summed E-state index contributed by atoms with van der Waals surface area (Å²) in [5.41, 5.74) is 2.34. The highest BCUT2D eigenvalue weighted by atomic mass is 16.5. The molecule has 1 saturated carbocycles. The first-order valence-corrected chi connectivity index (χ1v) is 10.9. The van der Waals surface area contributed by atoms with Crippen molar-refractivity contribution in [2.75, 3.05) is 5.32 Å². The van der Waals surface area contributed by atoms with E-state index in [-0.39, 0.29) is 18.1 Å². The van der Waals surface area contributed by atoms with Crippen molar-refractivity contribution in [1.82, 2.24) is 14.6 Å². The normalized spacial score (nSPS) is 23.3. The molecule has 4 aromatic rings. The van der Waals surface area contributed by atoms with E-state index in [2.05, 4.69) is 35.4 Å². The average molecular weight is 432 g/mol. The molecule has 1 aliphatic rings. The number of nitrogens with one attached hydrogen (secondary N) is 1. The summed E-state index contributed by atoms with van der Waals surface area (Å²) in [7, 11) is 0. The Hall–Kier alpha value is -3.16. The highest BCUT2D eigenvalue weighted by Crippen LogP contribution is 2.38. The quantitative estimate of drug-likeness (QED) is 0.446. The first-order chi connectivity index (χ1) is 15.4. The summed E-state index contributed by atoms with van der Waals surface area (Å²) >= 11 is 0. The van der Waals surface area contributed by atoms with Crippen LogP contribution >= 0.6 is 0 Å². The van der Waals surface area contributed by atoms with Gasteiger partial charge < -0.3 is 20.3 Å². The van der Waals surface area contributed by atoms with Crippen LogP contribution in [0.15, 0.2) is 54.7 Å². The number of benzene rings is 2. The van der Waals surface area contributed by atoms with Crippen molar-refractivity contribution in [3.63, 3.8) is 0 Å². The predicted octanol–water partition coefficient (Wildman–Crippen LogP) is 3.69. The zero-order valence-electron chi connectivity index (χ0n) is 18.1. The third-order valence-corrected chi connectivity index (χ3v) is 6.00. The van der Waals surface area contributed by atoms with Gasteiger partial charge in [-0.3, -0.25) is 0 Å². The van der Waals surface area contributed by atoms with Crippen LogP contribution in [0.2, 0.25) is 0 Å². The Morgan fingerprint density at radius 2 is 1.94 bits per heavy atom. The summed E-state index contributed by atoms with van der Waals surface area (Å²) in [5.74, 6) is 1.24. The molecule has 0 spiro atoms. The molecule has 0 bridgehead atoms. The second kappa shape index (κ2) is 8.07. The Morgan fingerprint density at radius 3 is 2.69 bits per heavy atom. The van der Waals surface area contributed by atoms with Crippen LogP contribution in [-0.2, 0) is 0 Å². The monoisotopic (exact) mass is 431 g/mol. The van der Waals surface area contributed by atoms with Gasteiger partial charge in [0.15, 0.2) is 5.65 Å². The molecule has 7 heteroatoms. The van der Waals surface area contributed by atoms with E-state index >= 15 is 0 Å². The summed E-state index contributed by atoms with van der Waals surface area (Å²) in [6.45, 7) is 7.94. The maximum absolute atomic E-state index is 10.4. The average Bonchev–Trinajstić information content (AvgIpc) is 3.30. The number of anilines is 1.